The predicted octanol–water partition coefficient (Wildman–Crippen LogP) is 11.3. The molecule has 300 valence electrons. The van der Waals surface area contributed by atoms with Crippen LogP contribution in [0.5, 0.6) is 0 Å². The summed E-state index contributed by atoms with van der Waals surface area (Å²) in [4.78, 5) is 15.9. The van der Waals surface area contributed by atoms with Crippen LogP contribution in [0.25, 0.3) is 66.8 Å². The van der Waals surface area contributed by atoms with Gasteiger partial charge in [0.05, 0.1) is 5.41 Å². The molecule has 0 bridgehead atoms. The normalized spacial score (nSPS) is 16.6. The van der Waals surface area contributed by atoms with E-state index in [1.165, 1.54) is 44.4 Å². The highest BCUT2D eigenvalue weighted by Gasteiger charge is 2.60. The number of allylic oxidation sites excluding steroid dienone is 6. The van der Waals surface area contributed by atoms with Gasteiger partial charge in [-0.15, -0.1) is 0 Å². The Kier molecular flexibility index (Phi) is 7.78. The second-order valence-electron chi connectivity index (χ2n) is 17.5. The molecule has 9 heteroatoms. The van der Waals surface area contributed by atoms with Crippen molar-refractivity contribution in [2.24, 2.45) is 0 Å². The van der Waals surface area contributed by atoms with Gasteiger partial charge in [0.2, 0.25) is 0 Å². The molecule has 2 aliphatic carbocycles. The van der Waals surface area contributed by atoms with Crippen LogP contribution in [0.3, 0.4) is 0 Å². The third-order valence-electron chi connectivity index (χ3n) is 14.3. The van der Waals surface area contributed by atoms with Gasteiger partial charge >= 0.3 is 20.9 Å². The van der Waals surface area contributed by atoms with Gasteiger partial charge in [0, 0.05) is 16.7 Å². The fourth-order valence-electron chi connectivity index (χ4n) is 11.6. The van der Waals surface area contributed by atoms with Crippen LogP contribution in [0, 0.1) is 0 Å². The molecule has 0 saturated carbocycles. The Labute approximate surface area is 379 Å². The summed E-state index contributed by atoms with van der Waals surface area (Å²) in [5.41, 5.74) is 15.4. The molecule has 0 radical (unpaired) electrons. The summed E-state index contributed by atoms with van der Waals surface area (Å²) in [7, 11) is 0. The maximum absolute atomic E-state index is 5.34. The first-order valence-corrected chi connectivity index (χ1v) is 22.4. The topological polar surface area (TPSA) is 48.4 Å². The molecule has 14 rings (SSSR count). The summed E-state index contributed by atoms with van der Waals surface area (Å²) in [5.74, 6) is 6.60. The minimum atomic E-state index is -0.422. The lowest BCUT2D eigenvalue weighted by atomic mass is 9.38. The number of nitrogens with zero attached hydrogens (tertiary/aromatic N) is 6. The van der Waals surface area contributed by atoms with Crippen LogP contribution in [-0.4, -0.2) is 50.1 Å². The van der Waals surface area contributed by atoms with Gasteiger partial charge in [0.15, 0.2) is 17.5 Å². The third kappa shape index (κ3) is 5.18. The van der Waals surface area contributed by atoms with Gasteiger partial charge in [0.1, 0.15) is 0 Å². The van der Waals surface area contributed by atoms with Gasteiger partial charge in [-0.2, -0.15) is 0 Å². The molecule has 0 N–H and O–H groups in total. The number of hydrogen-bond donors (Lipinski definition) is 0. The van der Waals surface area contributed by atoms with Crippen molar-refractivity contribution in [3.05, 3.63) is 258 Å². The summed E-state index contributed by atoms with van der Waals surface area (Å²) >= 11 is 0. The highest BCUT2D eigenvalue weighted by Crippen LogP contribution is 2.63. The Morgan fingerprint density at radius 1 is 0.431 bits per heavy atom. The molecule has 1 aromatic heterocycles. The van der Waals surface area contributed by atoms with Gasteiger partial charge in [-0.25, -0.2) is 15.0 Å². The Balaban J connectivity index is 0.940. The summed E-state index contributed by atoms with van der Waals surface area (Å²) in [6, 6.07) is 61.0. The largest absolute Gasteiger partial charge is 0.423 e. The lowest BCUT2D eigenvalue weighted by molar-refractivity contribution is 0.622. The van der Waals surface area contributed by atoms with Crippen molar-refractivity contribution >= 4 is 42.8 Å². The number of fused-ring (bicyclic) bond motifs is 17. The van der Waals surface area contributed by atoms with E-state index in [-0.39, 0.29) is 20.9 Å². The van der Waals surface area contributed by atoms with Crippen LogP contribution in [0.15, 0.2) is 230 Å². The van der Waals surface area contributed by atoms with E-state index in [9.17, 15) is 0 Å². The van der Waals surface area contributed by atoms with E-state index >= 15 is 0 Å². The highest BCUT2D eigenvalue weighted by atomic mass is 15.3. The number of rotatable bonds is 4. The maximum atomic E-state index is 5.34. The van der Waals surface area contributed by atoms with Crippen molar-refractivity contribution in [1.29, 1.82) is 0 Å². The number of hydrogen-bond acceptors (Lipinski definition) is 6. The van der Waals surface area contributed by atoms with Crippen molar-refractivity contribution in [2.75, 3.05) is 0 Å². The molecule has 0 amide bonds. The highest BCUT2D eigenvalue weighted by molar-refractivity contribution is 6.97. The van der Waals surface area contributed by atoms with Crippen LogP contribution in [-0.2, 0) is 5.41 Å². The summed E-state index contributed by atoms with van der Waals surface area (Å²) in [6.45, 7) is -0.252. The number of benzene rings is 7. The van der Waals surface area contributed by atoms with E-state index in [0.717, 1.165) is 38.6 Å². The molecule has 65 heavy (non-hydrogen) atoms. The molecule has 6 aliphatic rings. The zero-order chi connectivity index (χ0) is 42.6. The lowest BCUT2D eigenvalue weighted by Gasteiger charge is -2.55. The van der Waals surface area contributed by atoms with Crippen molar-refractivity contribution < 1.29 is 0 Å². The molecule has 7 aromatic carbocycles. The van der Waals surface area contributed by atoms with E-state index < -0.39 is 5.41 Å². The fourth-order valence-corrected chi connectivity index (χ4v) is 11.6. The monoisotopic (exact) mass is 826 g/mol. The predicted molar refractivity (Wildman–Crippen MR) is 266 cm³/mol. The zero-order valence-electron chi connectivity index (χ0n) is 35.3. The van der Waals surface area contributed by atoms with Gasteiger partial charge in [0.25, 0.3) is 0 Å². The summed E-state index contributed by atoms with van der Waals surface area (Å²) < 4.78 is 7.51. The second kappa shape index (κ2) is 13.9. The molecular weight excluding hydrogens is 789 g/mol. The van der Waals surface area contributed by atoms with Gasteiger partial charge in [-0.1, -0.05) is 182 Å². The maximum Gasteiger partial charge on any atom is 0.388 e. The third-order valence-corrected chi connectivity index (χ3v) is 14.3. The van der Waals surface area contributed by atoms with Crippen molar-refractivity contribution in [3.63, 3.8) is 0 Å². The number of aromatic nitrogens is 3. The molecule has 1 saturated heterocycles. The van der Waals surface area contributed by atoms with E-state index in [4.69, 9.17) is 15.0 Å². The Morgan fingerprint density at radius 3 is 1.86 bits per heavy atom. The van der Waals surface area contributed by atoms with E-state index in [0.29, 0.717) is 17.5 Å². The Hall–Kier alpha value is -8.16. The molecule has 1 spiro atoms. The molecule has 8 aromatic rings. The van der Waals surface area contributed by atoms with E-state index in [1.54, 1.807) is 0 Å². The molecule has 0 atom stereocenters. The van der Waals surface area contributed by atoms with Gasteiger partial charge < -0.3 is 14.2 Å². The Bertz CT molecular complexity index is 3470. The van der Waals surface area contributed by atoms with Crippen LogP contribution in [0.4, 0.5) is 0 Å². The first-order chi connectivity index (χ1) is 32.2. The van der Waals surface area contributed by atoms with Crippen molar-refractivity contribution in [1.82, 2.24) is 29.1 Å². The first kappa shape index (κ1) is 36.3. The first-order valence-electron chi connectivity index (χ1n) is 22.4. The van der Waals surface area contributed by atoms with Crippen LogP contribution >= 0.6 is 0 Å². The standard InChI is InChI=1S/C56H37B3N6/c1-2-16-38(17-3-1)40-20-14-21-41(36-40)53-60-54(62-55(61-53)46-26-15-19-39-18-4-5-22-43(39)46)42-30-34-65-58(37-42)63-33-13-12-32-57(63)64-35-31-51-52(59(64)65)47-25-8-11-29-50(47)56(51)48-27-9-6-23-44(48)45-24-7-10-28-49(45)56/h1-37H. The zero-order valence-corrected chi connectivity index (χ0v) is 35.3. The van der Waals surface area contributed by atoms with E-state index in [1.807, 2.05) is 0 Å². The molecule has 0 unspecified atom stereocenters. The van der Waals surface area contributed by atoms with E-state index in [2.05, 4.69) is 239 Å². The molecule has 4 aliphatic heterocycles. The second-order valence-corrected chi connectivity index (χ2v) is 17.5. The smallest absolute Gasteiger partial charge is 0.388 e. The fraction of sp³-hybridized carbons (Fsp3) is 0.0179. The quantitative estimate of drug-likeness (QED) is 0.165. The van der Waals surface area contributed by atoms with Crippen molar-refractivity contribution in [3.8, 4) is 45.0 Å². The van der Waals surface area contributed by atoms with Crippen molar-refractivity contribution in [2.45, 2.75) is 5.41 Å². The van der Waals surface area contributed by atoms with Crippen LogP contribution in [0.2, 0.25) is 0 Å². The summed E-state index contributed by atoms with van der Waals surface area (Å²) in [5, 5.41) is 2.25. The SMILES string of the molecule is C1=CB2N(C=C1)B1C=C(c3nc(-c4cccc(-c5ccccc5)c4)nc(-c4cccc5ccccc45)n3)C=CN1B1C3=C(C=CN21)C1(c2ccccc23)c2ccccc2-c2ccccc21. The van der Waals surface area contributed by atoms with Crippen LogP contribution < -0.4 is 0 Å². The minimum Gasteiger partial charge on any atom is -0.423 e. The average Bonchev–Trinajstić information content (AvgIpc) is 3.86. The molecule has 6 nitrogen and oxygen atoms in total. The average molecular weight is 826 g/mol. The Morgan fingerprint density at radius 2 is 1.03 bits per heavy atom. The van der Waals surface area contributed by atoms with Crippen LogP contribution in [0.1, 0.15) is 28.1 Å². The molecule has 1 fully saturated rings. The van der Waals surface area contributed by atoms with Gasteiger partial charge in [-0.05, 0) is 109 Å². The molecule has 5 heterocycles. The molecular formula is C56H37B3N6. The lowest BCUT2D eigenvalue weighted by Crippen LogP contribution is -2.74. The summed E-state index contributed by atoms with van der Waals surface area (Å²) in [6.07, 6.45) is 15.8. The van der Waals surface area contributed by atoms with Gasteiger partial charge in [-0.3, -0.25) is 0 Å². The minimum absolute atomic E-state index is 0.0201.